The molecule has 0 amide bonds. The lowest BCUT2D eigenvalue weighted by molar-refractivity contribution is 0.0606. The number of aromatic nitrogens is 2. The Morgan fingerprint density at radius 2 is 1.86 bits per heavy atom. The molecule has 1 atom stereocenters. The fraction of sp³-hybridized carbons (Fsp3) is 0.357. The number of thiophene rings is 1. The molecule has 0 aliphatic rings. The van der Waals surface area contributed by atoms with Crippen LogP contribution in [0.5, 0.6) is 5.75 Å². The number of H-pyrrole nitrogens is 1. The average Bonchev–Trinajstić information content (AvgIpc) is 3.22. The van der Waals surface area contributed by atoms with E-state index in [0.717, 1.165) is 28.1 Å². The van der Waals surface area contributed by atoms with E-state index >= 15 is 0 Å². The smallest absolute Gasteiger partial charge is 0.260 e. The van der Waals surface area contributed by atoms with Gasteiger partial charge >= 0.3 is 0 Å². The molecule has 4 aromatic rings. The van der Waals surface area contributed by atoms with E-state index in [1.54, 1.807) is 24.3 Å². The fourth-order valence-electron chi connectivity index (χ4n) is 4.39. The molecular weight excluding hydrogens is 494 g/mol. The number of aryl methyl sites for hydroxylation is 2. The van der Waals surface area contributed by atoms with E-state index < -0.39 is 6.10 Å². The number of halogens is 1. The Bertz CT molecular complexity index is 1380. The number of nitrogens with zero attached hydrogens (tertiary/aromatic N) is 2. The Balaban J connectivity index is 1.50. The van der Waals surface area contributed by atoms with Crippen LogP contribution in [-0.4, -0.2) is 45.8 Å². The predicted octanol–water partition coefficient (Wildman–Crippen LogP) is 5.82. The van der Waals surface area contributed by atoms with Gasteiger partial charge in [-0.15, -0.1) is 11.3 Å². The summed E-state index contributed by atoms with van der Waals surface area (Å²) in [6, 6.07) is 13.3. The van der Waals surface area contributed by atoms with Crippen molar-refractivity contribution < 1.29 is 9.84 Å². The van der Waals surface area contributed by atoms with Gasteiger partial charge in [-0.05, 0) is 55.2 Å². The zero-order chi connectivity index (χ0) is 25.8. The second kappa shape index (κ2) is 11.6. The molecule has 0 fully saturated rings. The number of ether oxygens (including phenoxy) is 1. The lowest BCUT2D eigenvalue weighted by Crippen LogP contribution is -2.38. The van der Waals surface area contributed by atoms with Crippen LogP contribution in [0.25, 0.3) is 21.3 Å². The van der Waals surface area contributed by atoms with Crippen molar-refractivity contribution >= 4 is 33.2 Å². The van der Waals surface area contributed by atoms with Crippen molar-refractivity contribution in [3.05, 3.63) is 80.2 Å². The minimum Gasteiger partial charge on any atom is -0.491 e. The number of rotatable bonds is 10. The van der Waals surface area contributed by atoms with Gasteiger partial charge in [-0.2, -0.15) is 0 Å². The van der Waals surface area contributed by atoms with Crippen LogP contribution in [0, 0.1) is 19.8 Å². The first kappa shape index (κ1) is 26.4. The van der Waals surface area contributed by atoms with E-state index in [4.69, 9.17) is 21.3 Å². The summed E-state index contributed by atoms with van der Waals surface area (Å²) in [5.41, 5.74) is 4.16. The second-order valence-corrected chi connectivity index (χ2v) is 11.0. The summed E-state index contributed by atoms with van der Waals surface area (Å²) in [4.78, 5) is 23.8. The largest absolute Gasteiger partial charge is 0.491 e. The minimum atomic E-state index is -0.701. The van der Waals surface area contributed by atoms with Gasteiger partial charge in [0.1, 0.15) is 29.1 Å². The number of benzene rings is 2. The summed E-state index contributed by atoms with van der Waals surface area (Å²) in [7, 11) is 0. The number of aliphatic hydroxyl groups is 1. The minimum absolute atomic E-state index is 0.137. The number of hydrogen-bond donors (Lipinski definition) is 2. The van der Waals surface area contributed by atoms with Gasteiger partial charge in [0.15, 0.2) is 0 Å². The lowest BCUT2D eigenvalue weighted by atomic mass is 9.99. The van der Waals surface area contributed by atoms with Crippen LogP contribution >= 0.6 is 22.9 Å². The molecule has 2 aromatic heterocycles. The Labute approximate surface area is 220 Å². The van der Waals surface area contributed by atoms with Gasteiger partial charge in [0.2, 0.25) is 0 Å². The van der Waals surface area contributed by atoms with E-state index in [9.17, 15) is 9.90 Å². The van der Waals surface area contributed by atoms with Crippen LogP contribution < -0.4 is 10.3 Å². The molecule has 0 saturated heterocycles. The van der Waals surface area contributed by atoms with Gasteiger partial charge in [-0.25, -0.2) is 4.98 Å². The number of aromatic amines is 1. The van der Waals surface area contributed by atoms with Crippen molar-refractivity contribution in [2.24, 2.45) is 5.92 Å². The lowest BCUT2D eigenvalue weighted by Gasteiger charge is -2.26. The molecule has 0 aliphatic heterocycles. The highest BCUT2D eigenvalue weighted by molar-refractivity contribution is 7.17. The van der Waals surface area contributed by atoms with Crippen molar-refractivity contribution in [3.63, 3.8) is 0 Å². The summed E-state index contributed by atoms with van der Waals surface area (Å²) in [5.74, 6) is 1.62. The van der Waals surface area contributed by atoms with Gasteiger partial charge in [0.05, 0.1) is 11.9 Å². The van der Waals surface area contributed by atoms with Crippen LogP contribution in [0.4, 0.5) is 0 Å². The summed E-state index contributed by atoms with van der Waals surface area (Å²) in [6.45, 7) is 10.1. The summed E-state index contributed by atoms with van der Waals surface area (Å²) < 4.78 is 5.71. The molecule has 6 nitrogen and oxygen atoms in total. The second-order valence-electron chi connectivity index (χ2n) is 9.67. The third-order valence-electron chi connectivity index (χ3n) is 5.89. The van der Waals surface area contributed by atoms with Gasteiger partial charge in [-0.1, -0.05) is 49.2 Å². The molecular formula is C28H32ClN3O3S. The Morgan fingerprint density at radius 1 is 1.11 bits per heavy atom. The highest BCUT2D eigenvalue weighted by atomic mass is 35.5. The average molecular weight is 526 g/mol. The normalized spacial score (nSPS) is 12.6. The number of aliphatic hydroxyl groups excluding tert-OH is 1. The quantitative estimate of drug-likeness (QED) is 0.273. The van der Waals surface area contributed by atoms with Crippen LogP contribution in [0.2, 0.25) is 5.02 Å². The molecule has 2 heterocycles. The van der Waals surface area contributed by atoms with Crippen molar-refractivity contribution in [3.8, 4) is 16.9 Å². The van der Waals surface area contributed by atoms with Crippen molar-refractivity contribution in [2.45, 2.75) is 40.3 Å². The first-order chi connectivity index (χ1) is 17.2. The Morgan fingerprint density at radius 3 is 2.56 bits per heavy atom. The van der Waals surface area contributed by atoms with E-state index in [1.807, 2.05) is 5.38 Å². The molecule has 1 unspecified atom stereocenters. The third kappa shape index (κ3) is 6.53. The topological polar surface area (TPSA) is 78.5 Å². The summed E-state index contributed by atoms with van der Waals surface area (Å²) in [6.07, 6.45) is -0.701. The molecule has 0 radical (unpaired) electrons. The highest BCUT2D eigenvalue weighted by Gasteiger charge is 2.18. The SMILES string of the molecule is Cc1ccc(-c2csc3nc(CN(CC(C)C)CC(O)COc4ccc(Cl)cc4)[nH]c(=O)c23)c(C)c1. The standard InChI is InChI=1S/C28H32ClN3O3S/c1-17(2)12-32(13-21(33)15-35-22-8-6-20(29)7-9-22)14-25-30-27(34)26-24(16-36-28(26)31-25)23-10-5-18(3)11-19(23)4/h5-11,16-17,21,33H,12-15H2,1-4H3,(H,30,31,34). The third-order valence-corrected chi connectivity index (χ3v) is 7.01. The van der Waals surface area contributed by atoms with Crippen LogP contribution in [-0.2, 0) is 6.54 Å². The first-order valence-electron chi connectivity index (χ1n) is 12.1. The molecule has 190 valence electrons. The molecule has 0 aliphatic carbocycles. The summed E-state index contributed by atoms with van der Waals surface area (Å²) in [5, 5.41) is 13.9. The predicted molar refractivity (Wildman–Crippen MR) is 148 cm³/mol. The Kier molecular flexibility index (Phi) is 8.46. The van der Waals surface area contributed by atoms with E-state index in [-0.39, 0.29) is 12.2 Å². The molecule has 2 N–H and O–H groups in total. The van der Waals surface area contributed by atoms with Crippen LogP contribution in [0.1, 0.15) is 30.8 Å². The maximum Gasteiger partial charge on any atom is 0.260 e. The zero-order valence-corrected chi connectivity index (χ0v) is 22.6. The van der Waals surface area contributed by atoms with E-state index in [1.165, 1.54) is 16.9 Å². The van der Waals surface area contributed by atoms with Gasteiger partial charge in [0, 0.05) is 29.1 Å². The maximum absolute atomic E-state index is 13.2. The van der Waals surface area contributed by atoms with E-state index in [2.05, 4.69) is 55.8 Å². The van der Waals surface area contributed by atoms with E-state index in [0.29, 0.717) is 41.0 Å². The summed E-state index contributed by atoms with van der Waals surface area (Å²) >= 11 is 7.40. The molecule has 8 heteroatoms. The van der Waals surface area contributed by atoms with Crippen LogP contribution in [0.3, 0.4) is 0 Å². The fourth-order valence-corrected chi connectivity index (χ4v) is 5.47. The molecule has 4 rings (SSSR count). The highest BCUT2D eigenvalue weighted by Crippen LogP contribution is 2.33. The van der Waals surface area contributed by atoms with Crippen molar-refractivity contribution in [2.75, 3.05) is 19.7 Å². The molecule has 0 spiro atoms. The van der Waals surface area contributed by atoms with Gasteiger partial charge in [-0.3, -0.25) is 9.69 Å². The number of fused-ring (bicyclic) bond motifs is 1. The zero-order valence-electron chi connectivity index (χ0n) is 21.0. The molecule has 0 saturated carbocycles. The molecule has 36 heavy (non-hydrogen) atoms. The molecule has 0 bridgehead atoms. The Hall–Kier alpha value is -2.71. The van der Waals surface area contributed by atoms with Gasteiger partial charge in [0.25, 0.3) is 5.56 Å². The van der Waals surface area contributed by atoms with Crippen molar-refractivity contribution in [1.82, 2.24) is 14.9 Å². The maximum atomic E-state index is 13.2. The molecule has 2 aromatic carbocycles. The van der Waals surface area contributed by atoms with Gasteiger partial charge < -0.3 is 14.8 Å². The van der Waals surface area contributed by atoms with Crippen molar-refractivity contribution in [1.29, 1.82) is 0 Å². The monoisotopic (exact) mass is 525 g/mol. The van der Waals surface area contributed by atoms with Crippen LogP contribution in [0.15, 0.2) is 52.6 Å². The number of nitrogens with one attached hydrogen (secondary N) is 1. The number of hydrogen-bond acceptors (Lipinski definition) is 6. The first-order valence-corrected chi connectivity index (χ1v) is 13.3.